The topological polar surface area (TPSA) is 84.7 Å². The summed E-state index contributed by atoms with van der Waals surface area (Å²) in [6, 6.07) is -0.106. The van der Waals surface area contributed by atoms with Gasteiger partial charge in [-0.05, 0) is 33.6 Å². The molecule has 0 aromatic heterocycles. The van der Waals surface area contributed by atoms with Gasteiger partial charge in [0.25, 0.3) is 0 Å². The minimum Gasteiger partial charge on any atom is -0.444 e. The highest BCUT2D eigenvalue weighted by Crippen LogP contribution is 2.38. The van der Waals surface area contributed by atoms with Crippen LogP contribution in [-0.2, 0) is 9.53 Å². The summed E-state index contributed by atoms with van der Waals surface area (Å²) in [4.78, 5) is 25.6. The van der Waals surface area contributed by atoms with Gasteiger partial charge in [-0.15, -0.1) is 0 Å². The molecule has 2 saturated heterocycles. The Bertz CT molecular complexity index is 377. The first-order valence-electron chi connectivity index (χ1n) is 6.31. The zero-order valence-corrected chi connectivity index (χ0v) is 11.2. The summed E-state index contributed by atoms with van der Waals surface area (Å²) in [5.41, 5.74) is 4.40. The van der Waals surface area contributed by atoms with E-state index < -0.39 is 17.2 Å². The van der Waals surface area contributed by atoms with Gasteiger partial charge < -0.3 is 15.8 Å². The van der Waals surface area contributed by atoms with Crippen molar-refractivity contribution in [3.63, 3.8) is 0 Å². The molecule has 0 saturated carbocycles. The fraction of sp³-hybridized carbons (Fsp3) is 0.833. The van der Waals surface area contributed by atoms with Crippen LogP contribution in [0.4, 0.5) is 4.79 Å². The second-order valence-corrected chi connectivity index (χ2v) is 5.99. The molecule has 0 radical (unpaired) electrons. The van der Waals surface area contributed by atoms with Gasteiger partial charge in [0, 0.05) is 12.6 Å². The van der Waals surface area contributed by atoms with Crippen molar-refractivity contribution in [2.24, 2.45) is 5.73 Å². The molecule has 0 bridgehead atoms. The SMILES string of the molecule is CC(C)(C)OC(=O)N1C(CN)CCC12CNC2=O. The van der Waals surface area contributed by atoms with Crippen LogP contribution < -0.4 is 11.1 Å². The average molecular weight is 255 g/mol. The highest BCUT2D eigenvalue weighted by atomic mass is 16.6. The summed E-state index contributed by atoms with van der Waals surface area (Å²) >= 11 is 0. The third kappa shape index (κ3) is 1.94. The van der Waals surface area contributed by atoms with Crippen molar-refractivity contribution < 1.29 is 14.3 Å². The molecule has 2 atom stereocenters. The first-order chi connectivity index (χ1) is 8.30. The van der Waals surface area contributed by atoms with Crippen LogP contribution in [0.5, 0.6) is 0 Å². The van der Waals surface area contributed by atoms with Crippen molar-refractivity contribution in [2.75, 3.05) is 13.1 Å². The number of ether oxygens (including phenoxy) is 1. The molecule has 2 rings (SSSR count). The van der Waals surface area contributed by atoms with Gasteiger partial charge in [-0.1, -0.05) is 0 Å². The summed E-state index contributed by atoms with van der Waals surface area (Å²) in [5, 5.41) is 2.70. The second kappa shape index (κ2) is 4.12. The number of likely N-dealkylation sites (tertiary alicyclic amines) is 1. The van der Waals surface area contributed by atoms with E-state index >= 15 is 0 Å². The van der Waals surface area contributed by atoms with Crippen LogP contribution in [0, 0.1) is 0 Å². The Morgan fingerprint density at radius 3 is 2.67 bits per heavy atom. The Balaban J connectivity index is 2.20. The Morgan fingerprint density at radius 2 is 2.28 bits per heavy atom. The number of amides is 2. The lowest BCUT2D eigenvalue weighted by Gasteiger charge is -2.45. The standard InChI is InChI=1S/C12H21N3O3/c1-11(2,3)18-10(17)15-8(6-13)4-5-12(15)7-14-9(12)16/h8H,4-7,13H2,1-3H3,(H,14,16). The van der Waals surface area contributed by atoms with Crippen LogP contribution in [0.25, 0.3) is 0 Å². The first kappa shape index (κ1) is 13.1. The van der Waals surface area contributed by atoms with Crippen molar-refractivity contribution in [3.05, 3.63) is 0 Å². The molecule has 2 aliphatic heterocycles. The maximum Gasteiger partial charge on any atom is 0.411 e. The number of nitrogens with zero attached hydrogens (tertiary/aromatic N) is 1. The van der Waals surface area contributed by atoms with Crippen LogP contribution in [-0.4, -0.2) is 47.2 Å². The molecule has 0 aliphatic carbocycles. The molecule has 6 heteroatoms. The lowest BCUT2D eigenvalue weighted by atomic mass is 9.88. The Labute approximate surface area is 107 Å². The molecular weight excluding hydrogens is 234 g/mol. The quantitative estimate of drug-likeness (QED) is 0.656. The van der Waals surface area contributed by atoms with Gasteiger partial charge in [-0.25, -0.2) is 4.79 Å². The number of nitrogens with one attached hydrogen (secondary N) is 1. The van der Waals surface area contributed by atoms with E-state index in [0.717, 1.165) is 6.42 Å². The number of hydrogen-bond acceptors (Lipinski definition) is 4. The summed E-state index contributed by atoms with van der Waals surface area (Å²) < 4.78 is 5.38. The average Bonchev–Trinajstić information content (AvgIpc) is 2.66. The van der Waals surface area contributed by atoms with E-state index in [-0.39, 0.29) is 11.9 Å². The highest BCUT2D eigenvalue weighted by Gasteiger charge is 2.59. The summed E-state index contributed by atoms with van der Waals surface area (Å²) in [5.74, 6) is -0.0932. The summed E-state index contributed by atoms with van der Waals surface area (Å²) in [6.07, 6.45) is 0.980. The van der Waals surface area contributed by atoms with Gasteiger partial charge in [-0.3, -0.25) is 9.69 Å². The second-order valence-electron chi connectivity index (χ2n) is 5.99. The van der Waals surface area contributed by atoms with Crippen LogP contribution in [0.3, 0.4) is 0 Å². The molecule has 2 fully saturated rings. The molecule has 2 unspecified atom stereocenters. The largest absolute Gasteiger partial charge is 0.444 e. The molecule has 2 aliphatic rings. The minimum absolute atomic E-state index is 0.0932. The third-order valence-corrected chi connectivity index (χ3v) is 3.54. The molecule has 18 heavy (non-hydrogen) atoms. The number of rotatable bonds is 1. The number of nitrogens with two attached hydrogens (primary N) is 1. The zero-order valence-electron chi connectivity index (χ0n) is 11.2. The molecule has 1 spiro atoms. The molecule has 0 aromatic carbocycles. The fourth-order valence-corrected chi connectivity index (χ4v) is 2.62. The molecule has 2 amide bonds. The fourth-order valence-electron chi connectivity index (χ4n) is 2.62. The third-order valence-electron chi connectivity index (χ3n) is 3.54. The van der Waals surface area contributed by atoms with E-state index in [9.17, 15) is 9.59 Å². The normalized spacial score (nSPS) is 31.2. The highest BCUT2D eigenvalue weighted by molar-refractivity contribution is 5.96. The lowest BCUT2D eigenvalue weighted by Crippen LogP contribution is -2.73. The molecule has 3 N–H and O–H groups in total. The van der Waals surface area contributed by atoms with Crippen molar-refractivity contribution in [1.29, 1.82) is 0 Å². The number of β-lactam (4-membered cyclic amide) rings is 1. The first-order valence-corrected chi connectivity index (χ1v) is 6.31. The minimum atomic E-state index is -0.716. The van der Waals surface area contributed by atoms with Gasteiger partial charge in [0.05, 0.1) is 6.54 Å². The Hall–Kier alpha value is -1.30. The number of carbonyl (C=O) groups excluding carboxylic acids is 2. The monoisotopic (exact) mass is 255 g/mol. The maximum atomic E-state index is 12.3. The van der Waals surface area contributed by atoms with Gasteiger partial charge >= 0.3 is 6.09 Å². The van der Waals surface area contributed by atoms with Crippen molar-refractivity contribution >= 4 is 12.0 Å². The van der Waals surface area contributed by atoms with E-state index in [4.69, 9.17) is 10.5 Å². The van der Waals surface area contributed by atoms with Crippen molar-refractivity contribution in [3.8, 4) is 0 Å². The van der Waals surface area contributed by atoms with Crippen LogP contribution in [0.15, 0.2) is 0 Å². The van der Waals surface area contributed by atoms with Gasteiger partial charge in [-0.2, -0.15) is 0 Å². The number of hydrogen-bond donors (Lipinski definition) is 2. The zero-order chi connectivity index (χ0) is 13.6. The molecule has 0 aromatic rings. The van der Waals surface area contributed by atoms with Gasteiger partial charge in [0.1, 0.15) is 11.1 Å². The van der Waals surface area contributed by atoms with E-state index in [1.165, 1.54) is 0 Å². The van der Waals surface area contributed by atoms with E-state index in [1.807, 2.05) is 20.8 Å². The molecule has 6 nitrogen and oxygen atoms in total. The van der Waals surface area contributed by atoms with E-state index in [1.54, 1.807) is 4.90 Å². The van der Waals surface area contributed by atoms with Gasteiger partial charge in [0.15, 0.2) is 0 Å². The van der Waals surface area contributed by atoms with E-state index in [2.05, 4.69) is 5.32 Å². The van der Waals surface area contributed by atoms with Crippen LogP contribution in [0.1, 0.15) is 33.6 Å². The molecular formula is C12H21N3O3. The van der Waals surface area contributed by atoms with E-state index in [0.29, 0.717) is 19.5 Å². The smallest absolute Gasteiger partial charge is 0.411 e. The van der Waals surface area contributed by atoms with Crippen LogP contribution in [0.2, 0.25) is 0 Å². The molecule has 2 heterocycles. The summed E-state index contributed by atoms with van der Waals surface area (Å²) in [6.45, 7) is 6.29. The predicted molar refractivity (Wildman–Crippen MR) is 65.9 cm³/mol. The maximum absolute atomic E-state index is 12.3. The predicted octanol–water partition coefficient (Wildman–Crippen LogP) is 0.213. The Morgan fingerprint density at radius 1 is 1.61 bits per heavy atom. The van der Waals surface area contributed by atoms with Crippen LogP contribution >= 0.6 is 0 Å². The van der Waals surface area contributed by atoms with Crippen molar-refractivity contribution in [1.82, 2.24) is 10.2 Å². The Kier molecular flexibility index (Phi) is 3.01. The lowest BCUT2D eigenvalue weighted by molar-refractivity contribution is -0.141. The van der Waals surface area contributed by atoms with Gasteiger partial charge in [0.2, 0.25) is 5.91 Å². The summed E-state index contributed by atoms with van der Waals surface area (Å²) in [7, 11) is 0. The van der Waals surface area contributed by atoms with Crippen molar-refractivity contribution in [2.45, 2.75) is 50.8 Å². The number of carbonyl (C=O) groups is 2. The molecule has 102 valence electrons.